The van der Waals surface area contributed by atoms with Crippen LogP contribution in [-0.4, -0.2) is 60.4 Å². The Labute approximate surface area is 144 Å². The molecule has 0 saturated carbocycles. The van der Waals surface area contributed by atoms with E-state index in [0.29, 0.717) is 32.6 Å². The summed E-state index contributed by atoms with van der Waals surface area (Å²) in [5.74, 6) is 0.431. The summed E-state index contributed by atoms with van der Waals surface area (Å²) in [4.78, 5) is 28.5. The fourth-order valence-electron chi connectivity index (χ4n) is 3.54. The fourth-order valence-corrected chi connectivity index (χ4v) is 3.54. The number of amides is 2. The van der Waals surface area contributed by atoms with E-state index in [1.165, 1.54) is 5.56 Å². The van der Waals surface area contributed by atoms with E-state index in [-0.39, 0.29) is 17.9 Å². The van der Waals surface area contributed by atoms with Gasteiger partial charge in [0.2, 0.25) is 11.8 Å². The number of rotatable bonds is 5. The predicted molar refractivity (Wildman–Crippen MR) is 93.6 cm³/mol. The second-order valence-electron chi connectivity index (χ2n) is 6.69. The van der Waals surface area contributed by atoms with Gasteiger partial charge in [0, 0.05) is 32.6 Å². The summed E-state index contributed by atoms with van der Waals surface area (Å²) in [6.07, 6.45) is 4.44. The Balaban J connectivity index is 1.38. The van der Waals surface area contributed by atoms with Crippen molar-refractivity contribution in [3.05, 3.63) is 35.9 Å². The number of piperazine rings is 1. The average molecular weight is 329 g/mol. The number of hydrogen-bond acceptors (Lipinski definition) is 3. The van der Waals surface area contributed by atoms with E-state index in [9.17, 15) is 9.59 Å². The zero-order chi connectivity index (χ0) is 16.8. The van der Waals surface area contributed by atoms with Gasteiger partial charge >= 0.3 is 0 Å². The summed E-state index contributed by atoms with van der Waals surface area (Å²) < 4.78 is 0. The van der Waals surface area contributed by atoms with Gasteiger partial charge in [0.15, 0.2) is 0 Å². The van der Waals surface area contributed by atoms with Crippen LogP contribution in [0.25, 0.3) is 0 Å². The van der Waals surface area contributed by atoms with Crippen LogP contribution < -0.4 is 5.32 Å². The van der Waals surface area contributed by atoms with Crippen LogP contribution in [-0.2, 0) is 16.0 Å². The van der Waals surface area contributed by atoms with Crippen molar-refractivity contribution in [2.45, 2.75) is 38.1 Å². The second-order valence-corrected chi connectivity index (χ2v) is 6.69. The summed E-state index contributed by atoms with van der Waals surface area (Å²) >= 11 is 0. The van der Waals surface area contributed by atoms with Crippen molar-refractivity contribution >= 4 is 11.8 Å². The Morgan fingerprint density at radius 2 is 1.75 bits per heavy atom. The molecule has 2 amide bonds. The second kappa shape index (κ2) is 8.29. The largest absolute Gasteiger partial charge is 0.339 e. The number of carbonyl (C=O) groups excluding carboxylic acids is 2. The van der Waals surface area contributed by atoms with Crippen molar-refractivity contribution in [1.82, 2.24) is 15.1 Å². The fraction of sp³-hybridized carbons (Fsp3) is 0.579. The van der Waals surface area contributed by atoms with Crippen LogP contribution in [0.5, 0.6) is 0 Å². The minimum Gasteiger partial charge on any atom is -0.339 e. The minimum absolute atomic E-state index is 0.00174. The minimum atomic E-state index is -0.00174. The molecule has 1 N–H and O–H groups in total. The molecule has 0 spiro atoms. The highest BCUT2D eigenvalue weighted by Crippen LogP contribution is 2.12. The maximum atomic E-state index is 12.4. The van der Waals surface area contributed by atoms with Crippen molar-refractivity contribution in [2.24, 2.45) is 0 Å². The van der Waals surface area contributed by atoms with E-state index < -0.39 is 0 Å². The highest BCUT2D eigenvalue weighted by molar-refractivity contribution is 5.83. The molecule has 2 heterocycles. The van der Waals surface area contributed by atoms with Crippen LogP contribution in [0.1, 0.15) is 31.2 Å². The Kier molecular flexibility index (Phi) is 5.86. The first kappa shape index (κ1) is 17.0. The van der Waals surface area contributed by atoms with Gasteiger partial charge < -0.3 is 15.1 Å². The summed E-state index contributed by atoms with van der Waals surface area (Å²) in [6, 6.07) is 10.3. The summed E-state index contributed by atoms with van der Waals surface area (Å²) in [5.41, 5.74) is 1.28. The molecule has 5 heteroatoms. The molecular formula is C19H27N3O2. The molecule has 1 atom stereocenters. The highest BCUT2D eigenvalue weighted by atomic mass is 16.2. The quantitative estimate of drug-likeness (QED) is 0.889. The number of benzene rings is 1. The zero-order valence-electron chi connectivity index (χ0n) is 14.2. The van der Waals surface area contributed by atoms with Crippen molar-refractivity contribution in [1.29, 1.82) is 0 Å². The number of hydrogen-bond donors (Lipinski definition) is 1. The van der Waals surface area contributed by atoms with Crippen LogP contribution >= 0.6 is 0 Å². The van der Waals surface area contributed by atoms with Gasteiger partial charge in [-0.05, 0) is 37.8 Å². The van der Waals surface area contributed by atoms with E-state index in [1.807, 2.05) is 28.0 Å². The number of aryl methyl sites for hydroxylation is 1. The standard InChI is InChI=1S/C19H27N3O2/c23-18(10-4-8-16-6-2-1-3-7-16)21-12-14-22(15-13-21)19(24)17-9-5-11-20-17/h1-3,6-7,17,20H,4-5,8-15H2. The lowest BCUT2D eigenvalue weighted by Gasteiger charge is -2.36. The molecule has 3 rings (SSSR count). The Morgan fingerprint density at radius 3 is 2.42 bits per heavy atom. The topological polar surface area (TPSA) is 52.7 Å². The molecule has 0 bridgehead atoms. The van der Waals surface area contributed by atoms with E-state index >= 15 is 0 Å². The lowest BCUT2D eigenvalue weighted by atomic mass is 10.1. The van der Waals surface area contributed by atoms with Gasteiger partial charge in [-0.2, -0.15) is 0 Å². The number of nitrogens with one attached hydrogen (secondary N) is 1. The maximum absolute atomic E-state index is 12.4. The van der Waals surface area contributed by atoms with Crippen LogP contribution in [0.4, 0.5) is 0 Å². The first-order valence-corrected chi connectivity index (χ1v) is 9.08. The van der Waals surface area contributed by atoms with Gasteiger partial charge in [0.25, 0.3) is 0 Å². The van der Waals surface area contributed by atoms with Crippen molar-refractivity contribution < 1.29 is 9.59 Å². The predicted octanol–water partition coefficient (Wildman–Crippen LogP) is 1.43. The zero-order valence-corrected chi connectivity index (χ0v) is 14.2. The molecule has 130 valence electrons. The summed E-state index contributed by atoms with van der Waals surface area (Å²) in [7, 11) is 0. The average Bonchev–Trinajstić information content (AvgIpc) is 3.17. The van der Waals surface area contributed by atoms with Gasteiger partial charge in [-0.25, -0.2) is 0 Å². The van der Waals surface area contributed by atoms with E-state index in [1.54, 1.807) is 0 Å². The van der Waals surface area contributed by atoms with Crippen LogP contribution in [0, 0.1) is 0 Å². The van der Waals surface area contributed by atoms with Crippen molar-refractivity contribution in [3.63, 3.8) is 0 Å². The SMILES string of the molecule is O=C(CCCc1ccccc1)N1CCN(C(=O)C2CCCN2)CC1. The molecule has 2 aliphatic rings. The molecule has 0 aliphatic carbocycles. The molecule has 5 nitrogen and oxygen atoms in total. The van der Waals surface area contributed by atoms with Gasteiger partial charge in [-0.15, -0.1) is 0 Å². The van der Waals surface area contributed by atoms with Gasteiger partial charge in [0.1, 0.15) is 0 Å². The third-order valence-corrected chi connectivity index (χ3v) is 5.00. The van der Waals surface area contributed by atoms with Crippen molar-refractivity contribution in [2.75, 3.05) is 32.7 Å². The molecule has 1 unspecified atom stereocenters. The molecule has 2 fully saturated rings. The van der Waals surface area contributed by atoms with Crippen LogP contribution in [0.3, 0.4) is 0 Å². The Hall–Kier alpha value is -1.88. The molecule has 0 aromatic heterocycles. The number of nitrogens with zero attached hydrogens (tertiary/aromatic N) is 2. The maximum Gasteiger partial charge on any atom is 0.239 e. The highest BCUT2D eigenvalue weighted by Gasteiger charge is 2.30. The molecule has 1 aromatic rings. The molecule has 24 heavy (non-hydrogen) atoms. The third kappa shape index (κ3) is 4.35. The van der Waals surface area contributed by atoms with Gasteiger partial charge in [0.05, 0.1) is 6.04 Å². The molecule has 2 saturated heterocycles. The van der Waals surface area contributed by atoms with Gasteiger partial charge in [-0.1, -0.05) is 30.3 Å². The molecule has 2 aliphatic heterocycles. The first-order chi connectivity index (χ1) is 11.7. The Bertz CT molecular complexity index is 547. The molecule has 0 radical (unpaired) electrons. The van der Waals surface area contributed by atoms with Crippen molar-refractivity contribution in [3.8, 4) is 0 Å². The first-order valence-electron chi connectivity index (χ1n) is 9.08. The molecule has 1 aromatic carbocycles. The van der Waals surface area contributed by atoms with E-state index in [2.05, 4.69) is 17.4 Å². The van der Waals surface area contributed by atoms with Gasteiger partial charge in [-0.3, -0.25) is 9.59 Å². The van der Waals surface area contributed by atoms with Crippen LogP contribution in [0.2, 0.25) is 0 Å². The molecular weight excluding hydrogens is 302 g/mol. The third-order valence-electron chi connectivity index (χ3n) is 5.00. The smallest absolute Gasteiger partial charge is 0.239 e. The Morgan fingerprint density at radius 1 is 1.04 bits per heavy atom. The summed E-state index contributed by atoms with van der Waals surface area (Å²) in [6.45, 7) is 3.62. The summed E-state index contributed by atoms with van der Waals surface area (Å²) in [5, 5.41) is 3.26. The van der Waals surface area contributed by atoms with E-state index in [0.717, 1.165) is 32.2 Å². The van der Waals surface area contributed by atoms with E-state index in [4.69, 9.17) is 0 Å². The number of carbonyl (C=O) groups is 2. The van der Waals surface area contributed by atoms with Crippen LogP contribution in [0.15, 0.2) is 30.3 Å². The normalized spacial score (nSPS) is 21.1. The lowest BCUT2D eigenvalue weighted by Crippen LogP contribution is -2.54. The monoisotopic (exact) mass is 329 g/mol. The lowest BCUT2D eigenvalue weighted by molar-refractivity contribution is -0.140.